The fourth-order valence-corrected chi connectivity index (χ4v) is 3.68. The van der Waals surface area contributed by atoms with E-state index in [1.165, 1.54) is 0 Å². The van der Waals surface area contributed by atoms with Gasteiger partial charge < -0.3 is 15.2 Å². The average molecular weight is 304 g/mol. The molecule has 2 atom stereocenters. The van der Waals surface area contributed by atoms with Gasteiger partial charge in [0.05, 0.1) is 6.10 Å². The van der Waals surface area contributed by atoms with E-state index >= 15 is 0 Å². The Morgan fingerprint density at radius 1 is 1.45 bits per heavy atom. The molecule has 22 heavy (non-hydrogen) atoms. The van der Waals surface area contributed by atoms with E-state index < -0.39 is 0 Å². The van der Waals surface area contributed by atoms with Crippen molar-refractivity contribution >= 4 is 5.91 Å². The molecular formula is C17H24N2O3. The monoisotopic (exact) mass is 304 g/mol. The van der Waals surface area contributed by atoms with Gasteiger partial charge in [0.15, 0.2) is 0 Å². The molecule has 5 nitrogen and oxygen atoms in total. The van der Waals surface area contributed by atoms with Gasteiger partial charge in [-0.05, 0) is 43.7 Å². The van der Waals surface area contributed by atoms with Crippen molar-refractivity contribution in [3.8, 4) is 0 Å². The third-order valence-corrected chi connectivity index (χ3v) is 5.15. The van der Waals surface area contributed by atoms with Crippen LogP contribution in [0.25, 0.3) is 0 Å². The van der Waals surface area contributed by atoms with Crippen LogP contribution < -0.4 is 5.32 Å². The number of rotatable bonds is 4. The number of amides is 1. The molecule has 0 aromatic carbocycles. The molecule has 1 spiro atoms. The SMILES string of the molecule is Cc1cncc(CCC(=O)NC2CC(O)C23CCOCC3)c1. The highest BCUT2D eigenvalue weighted by Crippen LogP contribution is 2.48. The number of aromatic nitrogens is 1. The molecule has 1 saturated heterocycles. The number of ether oxygens (including phenoxy) is 1. The van der Waals surface area contributed by atoms with Gasteiger partial charge in [0, 0.05) is 43.5 Å². The molecule has 2 heterocycles. The van der Waals surface area contributed by atoms with Gasteiger partial charge in [0.2, 0.25) is 5.91 Å². The van der Waals surface area contributed by atoms with Crippen LogP contribution in [0.4, 0.5) is 0 Å². The summed E-state index contributed by atoms with van der Waals surface area (Å²) in [6.45, 7) is 3.36. The van der Waals surface area contributed by atoms with E-state index in [0.717, 1.165) is 24.0 Å². The molecule has 1 aliphatic carbocycles. The zero-order chi connectivity index (χ0) is 15.6. The normalized spacial score (nSPS) is 26.5. The first-order valence-electron chi connectivity index (χ1n) is 8.06. The van der Waals surface area contributed by atoms with Gasteiger partial charge in [-0.3, -0.25) is 9.78 Å². The summed E-state index contributed by atoms with van der Waals surface area (Å²) in [5.41, 5.74) is 2.05. The second kappa shape index (κ2) is 6.34. The zero-order valence-corrected chi connectivity index (χ0v) is 13.0. The molecule has 1 aliphatic heterocycles. The van der Waals surface area contributed by atoms with Crippen LogP contribution in [-0.4, -0.2) is 41.4 Å². The maximum absolute atomic E-state index is 12.2. The lowest BCUT2D eigenvalue weighted by molar-refractivity contribution is -0.156. The van der Waals surface area contributed by atoms with Gasteiger partial charge in [-0.15, -0.1) is 0 Å². The minimum absolute atomic E-state index is 0.0595. The summed E-state index contributed by atoms with van der Waals surface area (Å²) in [6, 6.07) is 2.16. The molecule has 1 aromatic heterocycles. The number of carbonyl (C=O) groups excluding carboxylic acids is 1. The third kappa shape index (κ3) is 3.01. The van der Waals surface area contributed by atoms with E-state index in [-0.39, 0.29) is 23.5 Å². The van der Waals surface area contributed by atoms with Gasteiger partial charge >= 0.3 is 0 Å². The molecule has 2 unspecified atom stereocenters. The first-order valence-corrected chi connectivity index (χ1v) is 8.06. The topological polar surface area (TPSA) is 71.5 Å². The molecule has 1 saturated carbocycles. The van der Waals surface area contributed by atoms with Gasteiger partial charge in [-0.2, -0.15) is 0 Å². The molecule has 120 valence electrons. The number of pyridine rings is 1. The lowest BCUT2D eigenvalue weighted by atomic mass is 9.58. The van der Waals surface area contributed by atoms with Crippen molar-refractivity contribution in [2.75, 3.05) is 13.2 Å². The Hall–Kier alpha value is -1.46. The third-order valence-electron chi connectivity index (χ3n) is 5.15. The van der Waals surface area contributed by atoms with Crippen molar-refractivity contribution in [2.45, 2.75) is 51.2 Å². The van der Waals surface area contributed by atoms with E-state index in [0.29, 0.717) is 32.5 Å². The Labute approximate surface area is 131 Å². The number of nitrogens with one attached hydrogen (secondary N) is 1. The van der Waals surface area contributed by atoms with E-state index in [9.17, 15) is 9.90 Å². The second-order valence-electron chi connectivity index (χ2n) is 6.59. The number of hydrogen-bond acceptors (Lipinski definition) is 4. The number of nitrogens with zero attached hydrogens (tertiary/aromatic N) is 1. The number of aryl methyl sites for hydroxylation is 2. The number of carbonyl (C=O) groups is 1. The molecule has 1 amide bonds. The maximum Gasteiger partial charge on any atom is 0.220 e. The Kier molecular flexibility index (Phi) is 4.45. The summed E-state index contributed by atoms with van der Waals surface area (Å²) in [7, 11) is 0. The lowest BCUT2D eigenvalue weighted by Gasteiger charge is -2.55. The van der Waals surface area contributed by atoms with E-state index in [1.807, 2.05) is 19.3 Å². The van der Waals surface area contributed by atoms with E-state index in [1.54, 1.807) is 0 Å². The first kappa shape index (κ1) is 15.4. The van der Waals surface area contributed by atoms with E-state index in [2.05, 4.69) is 16.4 Å². The van der Waals surface area contributed by atoms with Gasteiger partial charge in [0.1, 0.15) is 0 Å². The summed E-state index contributed by atoms with van der Waals surface area (Å²) in [4.78, 5) is 16.3. The molecule has 0 radical (unpaired) electrons. The van der Waals surface area contributed by atoms with Crippen molar-refractivity contribution in [1.29, 1.82) is 0 Å². The Balaban J connectivity index is 1.51. The Morgan fingerprint density at radius 3 is 2.91 bits per heavy atom. The Bertz CT molecular complexity index is 540. The zero-order valence-electron chi connectivity index (χ0n) is 13.0. The highest BCUT2D eigenvalue weighted by Gasteiger charge is 2.55. The van der Waals surface area contributed by atoms with Crippen molar-refractivity contribution in [3.05, 3.63) is 29.6 Å². The summed E-state index contributed by atoms with van der Waals surface area (Å²) in [6.07, 6.45) is 6.82. The lowest BCUT2D eigenvalue weighted by Crippen LogP contribution is -2.65. The molecule has 3 rings (SSSR count). The summed E-state index contributed by atoms with van der Waals surface area (Å²) in [5, 5.41) is 13.2. The Morgan fingerprint density at radius 2 is 2.23 bits per heavy atom. The van der Waals surface area contributed by atoms with Crippen LogP contribution >= 0.6 is 0 Å². The van der Waals surface area contributed by atoms with Crippen molar-refractivity contribution in [1.82, 2.24) is 10.3 Å². The highest BCUT2D eigenvalue weighted by molar-refractivity contribution is 5.76. The molecular weight excluding hydrogens is 280 g/mol. The minimum Gasteiger partial charge on any atom is -0.392 e. The molecule has 0 bridgehead atoms. The van der Waals surface area contributed by atoms with Crippen molar-refractivity contribution in [3.63, 3.8) is 0 Å². The van der Waals surface area contributed by atoms with Crippen LogP contribution in [0.1, 0.15) is 36.8 Å². The van der Waals surface area contributed by atoms with Crippen molar-refractivity contribution in [2.24, 2.45) is 5.41 Å². The fourth-order valence-electron chi connectivity index (χ4n) is 3.68. The standard InChI is InChI=1S/C17H24N2O3/c1-12-8-13(11-18-10-12)2-3-16(21)19-14-9-15(20)17(14)4-6-22-7-5-17/h8,10-11,14-15,20H,2-7,9H2,1H3,(H,19,21). The van der Waals surface area contributed by atoms with Crippen LogP contribution in [0, 0.1) is 12.3 Å². The largest absolute Gasteiger partial charge is 0.392 e. The molecule has 2 fully saturated rings. The quantitative estimate of drug-likeness (QED) is 0.881. The summed E-state index contributed by atoms with van der Waals surface area (Å²) in [5.74, 6) is 0.0595. The summed E-state index contributed by atoms with van der Waals surface area (Å²) < 4.78 is 5.39. The minimum atomic E-state index is -0.303. The first-order chi connectivity index (χ1) is 10.6. The van der Waals surface area contributed by atoms with Crippen LogP contribution in [0.2, 0.25) is 0 Å². The number of aliphatic hydroxyl groups excluding tert-OH is 1. The predicted octanol–water partition coefficient (Wildman–Crippen LogP) is 1.37. The number of aliphatic hydroxyl groups is 1. The van der Waals surface area contributed by atoms with Gasteiger partial charge in [-0.1, -0.05) is 6.07 Å². The summed E-state index contributed by atoms with van der Waals surface area (Å²) >= 11 is 0. The number of hydrogen-bond donors (Lipinski definition) is 2. The van der Waals surface area contributed by atoms with Crippen LogP contribution in [0.3, 0.4) is 0 Å². The highest BCUT2D eigenvalue weighted by atomic mass is 16.5. The van der Waals surface area contributed by atoms with Crippen LogP contribution in [0.5, 0.6) is 0 Å². The van der Waals surface area contributed by atoms with Gasteiger partial charge in [-0.25, -0.2) is 0 Å². The van der Waals surface area contributed by atoms with Crippen LogP contribution in [0.15, 0.2) is 18.5 Å². The maximum atomic E-state index is 12.2. The van der Waals surface area contributed by atoms with Crippen LogP contribution in [-0.2, 0) is 16.0 Å². The van der Waals surface area contributed by atoms with E-state index in [4.69, 9.17) is 4.74 Å². The molecule has 2 N–H and O–H groups in total. The van der Waals surface area contributed by atoms with Crippen molar-refractivity contribution < 1.29 is 14.6 Å². The smallest absolute Gasteiger partial charge is 0.220 e. The fraction of sp³-hybridized carbons (Fsp3) is 0.647. The molecule has 2 aliphatic rings. The van der Waals surface area contributed by atoms with Gasteiger partial charge in [0.25, 0.3) is 0 Å². The second-order valence-corrected chi connectivity index (χ2v) is 6.59. The average Bonchev–Trinajstić information content (AvgIpc) is 2.53. The molecule has 5 heteroatoms. The molecule has 1 aromatic rings. The predicted molar refractivity (Wildman–Crippen MR) is 82.3 cm³/mol.